The van der Waals surface area contributed by atoms with Gasteiger partial charge in [-0.25, -0.2) is 0 Å². The molecule has 0 bridgehead atoms. The van der Waals surface area contributed by atoms with Crippen molar-refractivity contribution >= 4 is 17.0 Å². The Hall–Kier alpha value is -0.180. The van der Waals surface area contributed by atoms with Gasteiger partial charge in [0.1, 0.15) is 0 Å². The van der Waals surface area contributed by atoms with E-state index < -0.39 is 0 Å². The second-order valence-corrected chi connectivity index (χ2v) is 9.70. The second-order valence-electron chi connectivity index (χ2n) is 8.43. The van der Waals surface area contributed by atoms with Crippen molar-refractivity contribution in [3.63, 3.8) is 0 Å². The highest BCUT2D eigenvalue weighted by Gasteiger charge is 2.18. The largest absolute Gasteiger partial charge is 0.344 e. The van der Waals surface area contributed by atoms with Crippen LogP contribution in [0.3, 0.4) is 0 Å². The van der Waals surface area contributed by atoms with Crippen molar-refractivity contribution in [3.8, 4) is 0 Å². The molecule has 0 saturated carbocycles. The number of unbranched alkanes of at least 4 members (excludes halogenated alkanes) is 8. The molecule has 2 atom stereocenters. The molecule has 0 aliphatic carbocycles. The lowest BCUT2D eigenvalue weighted by Gasteiger charge is -2.22. The molecule has 0 fully saturated rings. The Labute approximate surface area is 175 Å². The first-order valence-corrected chi connectivity index (χ1v) is 12.9. The minimum atomic E-state index is 0.220. The number of hydrogen-bond donors (Lipinski definition) is 1. The van der Waals surface area contributed by atoms with Crippen LogP contribution in [0.5, 0.6) is 0 Å². The van der Waals surface area contributed by atoms with E-state index in [0.717, 1.165) is 25.7 Å². The number of amides is 1. The molecule has 1 amide bonds. The third-order valence-electron chi connectivity index (χ3n) is 5.73. The van der Waals surface area contributed by atoms with E-state index in [4.69, 9.17) is 0 Å². The van der Waals surface area contributed by atoms with E-state index in [1.54, 1.807) is 11.8 Å². The highest BCUT2D eigenvalue weighted by Crippen LogP contribution is 2.25. The molecule has 0 saturated heterocycles. The average Bonchev–Trinajstić information content (AvgIpc) is 2.66. The summed E-state index contributed by atoms with van der Waals surface area (Å²) in [5, 5.41) is 4.07. The Morgan fingerprint density at radius 2 is 1.30 bits per heavy atom. The minimum absolute atomic E-state index is 0.220. The molecular weight excluding hydrogens is 350 g/mol. The third-order valence-corrected chi connectivity index (χ3v) is 6.92. The maximum Gasteiger partial charge on any atom is 0.279 e. The molecular formula is C24H49NOS. The van der Waals surface area contributed by atoms with Gasteiger partial charge in [0.05, 0.1) is 0 Å². The molecule has 0 aromatic heterocycles. The summed E-state index contributed by atoms with van der Waals surface area (Å²) in [6.45, 7) is 11.3. The molecule has 2 unspecified atom stereocenters. The predicted molar refractivity (Wildman–Crippen MR) is 125 cm³/mol. The van der Waals surface area contributed by atoms with Gasteiger partial charge in [-0.15, -0.1) is 0 Å². The van der Waals surface area contributed by atoms with Crippen LogP contribution in [0.25, 0.3) is 0 Å². The molecule has 0 aliphatic rings. The van der Waals surface area contributed by atoms with Gasteiger partial charge in [-0.2, -0.15) is 0 Å². The van der Waals surface area contributed by atoms with E-state index in [1.165, 1.54) is 70.6 Å². The number of hydrogen-bond acceptors (Lipinski definition) is 2. The van der Waals surface area contributed by atoms with Crippen molar-refractivity contribution in [2.75, 3.05) is 0 Å². The van der Waals surface area contributed by atoms with Crippen LogP contribution in [0.4, 0.5) is 4.79 Å². The summed E-state index contributed by atoms with van der Waals surface area (Å²) in [7, 11) is 0. The predicted octanol–water partition coefficient (Wildman–Crippen LogP) is 8.73. The lowest BCUT2D eigenvalue weighted by molar-refractivity contribution is 0.255. The van der Waals surface area contributed by atoms with Gasteiger partial charge in [0.2, 0.25) is 0 Å². The number of carbonyl (C=O) groups is 1. The van der Waals surface area contributed by atoms with E-state index in [9.17, 15) is 4.79 Å². The highest BCUT2D eigenvalue weighted by atomic mass is 32.2. The first-order valence-electron chi connectivity index (χ1n) is 12.0. The lowest BCUT2D eigenvalue weighted by Crippen LogP contribution is -2.33. The molecule has 0 aliphatic heterocycles. The van der Waals surface area contributed by atoms with Crippen LogP contribution < -0.4 is 5.32 Å². The zero-order chi connectivity index (χ0) is 20.3. The Bertz CT molecular complexity index is 320. The van der Waals surface area contributed by atoms with Gasteiger partial charge >= 0.3 is 0 Å². The van der Waals surface area contributed by atoms with Gasteiger partial charge in [-0.1, -0.05) is 117 Å². The zero-order valence-corrected chi connectivity index (χ0v) is 20.0. The summed E-state index contributed by atoms with van der Waals surface area (Å²) < 4.78 is 0. The van der Waals surface area contributed by atoms with Crippen LogP contribution in [-0.4, -0.2) is 16.5 Å². The molecule has 2 nitrogen and oxygen atoms in total. The van der Waals surface area contributed by atoms with Crippen LogP contribution in [0.2, 0.25) is 0 Å². The molecule has 0 heterocycles. The van der Waals surface area contributed by atoms with Gasteiger partial charge in [-0.3, -0.25) is 4.79 Å². The zero-order valence-electron chi connectivity index (χ0n) is 19.2. The van der Waals surface area contributed by atoms with Crippen molar-refractivity contribution in [3.05, 3.63) is 0 Å². The molecule has 0 aromatic rings. The van der Waals surface area contributed by atoms with Crippen molar-refractivity contribution in [2.45, 2.75) is 142 Å². The van der Waals surface area contributed by atoms with Crippen LogP contribution in [0.1, 0.15) is 131 Å². The van der Waals surface area contributed by atoms with Crippen LogP contribution in [-0.2, 0) is 0 Å². The van der Waals surface area contributed by atoms with Crippen molar-refractivity contribution in [1.29, 1.82) is 0 Å². The summed E-state index contributed by atoms with van der Waals surface area (Å²) in [6.07, 6.45) is 18.9. The van der Waals surface area contributed by atoms with Gasteiger partial charge in [0, 0.05) is 11.3 Å². The number of thioether (sulfide) groups is 1. The minimum Gasteiger partial charge on any atom is -0.344 e. The topological polar surface area (TPSA) is 29.1 Å². The van der Waals surface area contributed by atoms with Crippen LogP contribution in [0, 0.1) is 5.92 Å². The van der Waals surface area contributed by atoms with Crippen LogP contribution in [0.15, 0.2) is 0 Å². The fourth-order valence-corrected chi connectivity index (χ4v) is 4.67. The summed E-state index contributed by atoms with van der Waals surface area (Å²) in [4.78, 5) is 12.6. The highest BCUT2D eigenvalue weighted by molar-refractivity contribution is 8.14. The van der Waals surface area contributed by atoms with Gasteiger partial charge in [0.25, 0.3) is 5.24 Å². The molecule has 162 valence electrons. The monoisotopic (exact) mass is 399 g/mol. The first-order chi connectivity index (χ1) is 13.1. The van der Waals surface area contributed by atoms with Gasteiger partial charge < -0.3 is 5.32 Å². The molecule has 0 radical (unpaired) electrons. The van der Waals surface area contributed by atoms with Gasteiger partial charge in [-0.05, 0) is 31.6 Å². The normalized spacial score (nSPS) is 13.7. The molecule has 3 heteroatoms. The fraction of sp³-hybridized carbons (Fsp3) is 0.958. The van der Waals surface area contributed by atoms with Gasteiger partial charge in [0.15, 0.2) is 0 Å². The molecule has 0 spiro atoms. The third kappa shape index (κ3) is 16.5. The van der Waals surface area contributed by atoms with E-state index in [1.807, 2.05) is 0 Å². The van der Waals surface area contributed by atoms with E-state index in [0.29, 0.717) is 17.2 Å². The SMILES string of the molecule is CCCCCCCC(CCCCCCC)NC(=O)SC(CC)CC(C)CC. The molecule has 27 heavy (non-hydrogen) atoms. The second kappa shape index (κ2) is 19.2. The lowest BCUT2D eigenvalue weighted by atomic mass is 10.0. The summed E-state index contributed by atoms with van der Waals surface area (Å²) in [5.74, 6) is 0.711. The van der Waals surface area contributed by atoms with Crippen molar-refractivity contribution in [2.24, 2.45) is 5.92 Å². The Kier molecular flexibility index (Phi) is 19.0. The first kappa shape index (κ1) is 26.8. The van der Waals surface area contributed by atoms with E-state index in [2.05, 4.69) is 39.9 Å². The smallest absolute Gasteiger partial charge is 0.279 e. The van der Waals surface area contributed by atoms with E-state index in [-0.39, 0.29) is 5.24 Å². The summed E-state index contributed by atoms with van der Waals surface area (Å²) in [5.41, 5.74) is 0. The van der Waals surface area contributed by atoms with E-state index >= 15 is 0 Å². The number of rotatable bonds is 18. The summed E-state index contributed by atoms with van der Waals surface area (Å²) >= 11 is 1.56. The quantitative estimate of drug-likeness (QED) is 0.233. The average molecular weight is 400 g/mol. The maximum absolute atomic E-state index is 12.6. The Morgan fingerprint density at radius 1 is 0.778 bits per heavy atom. The maximum atomic E-state index is 12.6. The Morgan fingerprint density at radius 3 is 1.74 bits per heavy atom. The number of carbonyl (C=O) groups excluding carboxylic acids is 1. The number of nitrogens with one attached hydrogen (secondary N) is 1. The molecule has 0 rings (SSSR count). The molecule has 0 aromatic carbocycles. The Balaban J connectivity index is 4.35. The molecule has 1 N–H and O–H groups in total. The van der Waals surface area contributed by atoms with Crippen LogP contribution >= 0.6 is 11.8 Å². The fourth-order valence-electron chi connectivity index (χ4n) is 3.54. The van der Waals surface area contributed by atoms with Crippen molar-refractivity contribution < 1.29 is 4.79 Å². The summed E-state index contributed by atoms with van der Waals surface area (Å²) in [6, 6.07) is 0.384. The van der Waals surface area contributed by atoms with Crippen molar-refractivity contribution in [1.82, 2.24) is 5.32 Å². The standard InChI is InChI=1S/C24H49NOS/c1-6-10-12-14-16-18-22(19-17-15-13-11-7-2)25-24(26)27-23(9-4)20-21(5)8-3/h21-23H,6-20H2,1-5H3,(H,25,26).